The summed E-state index contributed by atoms with van der Waals surface area (Å²) < 4.78 is 25.4. The van der Waals surface area contributed by atoms with Crippen molar-refractivity contribution in [2.24, 2.45) is 0 Å². The van der Waals surface area contributed by atoms with Crippen molar-refractivity contribution in [2.45, 2.75) is 40.3 Å². The Morgan fingerprint density at radius 2 is 1.67 bits per heavy atom. The molecule has 0 aliphatic heterocycles. The molecule has 0 aromatic heterocycles. The molecule has 2 aromatic carbocycles. The first kappa shape index (κ1) is 21.1. The Labute approximate surface area is 162 Å². The molecule has 1 amide bonds. The summed E-state index contributed by atoms with van der Waals surface area (Å²) in [6, 6.07) is 13.5. The molecule has 0 heterocycles. The molecule has 0 radical (unpaired) electrons. The van der Waals surface area contributed by atoms with Crippen LogP contribution >= 0.6 is 0 Å². The fourth-order valence-electron chi connectivity index (χ4n) is 2.75. The third-order valence-corrected chi connectivity index (χ3v) is 5.87. The van der Waals surface area contributed by atoms with Gasteiger partial charge in [0.15, 0.2) is 0 Å². The van der Waals surface area contributed by atoms with E-state index in [1.54, 1.807) is 0 Å². The number of sulfonamides is 1. The Balaban J connectivity index is 2.06. The average molecular weight is 389 g/mol. The lowest BCUT2D eigenvalue weighted by atomic mass is 10.0. The molecule has 0 aliphatic carbocycles. The van der Waals surface area contributed by atoms with E-state index in [1.807, 2.05) is 70.2 Å². The fraction of sp³-hybridized carbons (Fsp3) is 0.381. The van der Waals surface area contributed by atoms with Crippen LogP contribution in [0.15, 0.2) is 42.5 Å². The summed E-state index contributed by atoms with van der Waals surface area (Å²) in [5.74, 6) is -0.321. The smallest absolute Gasteiger partial charge is 0.235 e. The predicted octanol–water partition coefficient (Wildman–Crippen LogP) is 3.25. The molecule has 0 bridgehead atoms. The van der Waals surface area contributed by atoms with E-state index in [1.165, 1.54) is 9.87 Å². The normalized spacial score (nSPS) is 12.8. The Hall–Kier alpha value is -2.18. The monoisotopic (exact) mass is 388 g/mol. The molecule has 2 aromatic rings. The molecule has 0 unspecified atom stereocenters. The summed E-state index contributed by atoms with van der Waals surface area (Å²) in [6.45, 7) is 7.90. The second kappa shape index (κ2) is 8.67. The van der Waals surface area contributed by atoms with Gasteiger partial charge in [0.25, 0.3) is 0 Å². The van der Waals surface area contributed by atoms with Crippen molar-refractivity contribution in [1.29, 1.82) is 0 Å². The van der Waals surface area contributed by atoms with Gasteiger partial charge in [0.1, 0.15) is 0 Å². The number of amides is 1. The lowest BCUT2D eigenvalue weighted by molar-refractivity contribution is -0.122. The van der Waals surface area contributed by atoms with Crippen LogP contribution in [0.25, 0.3) is 0 Å². The summed E-state index contributed by atoms with van der Waals surface area (Å²) in [5.41, 5.74) is 5.30. The molecule has 0 saturated carbocycles. The zero-order valence-corrected chi connectivity index (χ0v) is 17.4. The second-order valence-corrected chi connectivity index (χ2v) is 9.13. The van der Waals surface area contributed by atoms with Gasteiger partial charge in [-0.2, -0.15) is 4.31 Å². The molecular formula is C21H28N2O3S. The largest absolute Gasteiger partial charge is 0.348 e. The minimum absolute atomic E-state index is 0.171. The van der Waals surface area contributed by atoms with E-state index < -0.39 is 10.0 Å². The van der Waals surface area contributed by atoms with Crippen LogP contribution in [0, 0.1) is 20.8 Å². The molecule has 1 N–H and O–H groups in total. The molecule has 5 nitrogen and oxygen atoms in total. The van der Waals surface area contributed by atoms with Crippen LogP contribution in [0.5, 0.6) is 0 Å². The third-order valence-electron chi connectivity index (χ3n) is 4.68. The van der Waals surface area contributed by atoms with Gasteiger partial charge in [0, 0.05) is 6.54 Å². The summed E-state index contributed by atoms with van der Waals surface area (Å²) >= 11 is 0. The van der Waals surface area contributed by atoms with E-state index in [9.17, 15) is 13.2 Å². The number of benzene rings is 2. The average Bonchev–Trinajstić information content (AvgIpc) is 2.57. The van der Waals surface area contributed by atoms with Crippen molar-refractivity contribution >= 4 is 15.9 Å². The van der Waals surface area contributed by atoms with Crippen LogP contribution in [0.2, 0.25) is 0 Å². The van der Waals surface area contributed by atoms with Gasteiger partial charge in [-0.05, 0) is 49.9 Å². The third kappa shape index (κ3) is 6.19. The van der Waals surface area contributed by atoms with Gasteiger partial charge in [0.2, 0.25) is 15.9 Å². The maximum atomic E-state index is 12.5. The summed E-state index contributed by atoms with van der Waals surface area (Å²) in [6.07, 6.45) is 1.13. The highest BCUT2D eigenvalue weighted by molar-refractivity contribution is 7.88. The van der Waals surface area contributed by atoms with Crippen molar-refractivity contribution in [3.63, 3.8) is 0 Å². The molecule has 0 aliphatic rings. The Bertz CT molecular complexity index is 906. The lowest BCUT2D eigenvalue weighted by Gasteiger charge is -2.22. The Morgan fingerprint density at radius 1 is 1.04 bits per heavy atom. The highest BCUT2D eigenvalue weighted by Gasteiger charge is 2.21. The molecule has 6 heteroatoms. The van der Waals surface area contributed by atoms with E-state index >= 15 is 0 Å². The van der Waals surface area contributed by atoms with Gasteiger partial charge in [0.05, 0.1) is 18.8 Å². The van der Waals surface area contributed by atoms with Crippen molar-refractivity contribution < 1.29 is 13.2 Å². The highest BCUT2D eigenvalue weighted by Crippen LogP contribution is 2.17. The first-order valence-corrected chi connectivity index (χ1v) is 10.8. The van der Waals surface area contributed by atoms with E-state index in [0.717, 1.165) is 28.5 Å². The molecule has 27 heavy (non-hydrogen) atoms. The summed E-state index contributed by atoms with van der Waals surface area (Å²) in [5, 5.41) is 2.90. The van der Waals surface area contributed by atoms with Crippen molar-refractivity contribution in [2.75, 3.05) is 12.8 Å². The number of nitrogens with zero attached hydrogens (tertiary/aromatic N) is 1. The van der Waals surface area contributed by atoms with Gasteiger partial charge in [-0.25, -0.2) is 8.42 Å². The molecule has 1 atom stereocenters. The standard InChI is InChI=1S/C21H28N2O3S/c1-15-6-9-19(10-7-15)13-23(27(5,25)26)14-21(24)22-18(4)20-11-8-16(2)17(3)12-20/h6-12,18H,13-14H2,1-5H3,(H,22,24)/t18-/m0/s1. The van der Waals surface area contributed by atoms with Gasteiger partial charge >= 0.3 is 0 Å². The highest BCUT2D eigenvalue weighted by atomic mass is 32.2. The van der Waals surface area contributed by atoms with Crippen LogP contribution < -0.4 is 5.32 Å². The first-order valence-electron chi connectivity index (χ1n) is 8.93. The summed E-state index contributed by atoms with van der Waals surface area (Å²) in [7, 11) is -3.51. The van der Waals surface area contributed by atoms with Gasteiger partial charge < -0.3 is 5.32 Å². The van der Waals surface area contributed by atoms with E-state index in [0.29, 0.717) is 0 Å². The van der Waals surface area contributed by atoms with E-state index in [2.05, 4.69) is 5.32 Å². The Kier molecular flexibility index (Phi) is 6.78. The SMILES string of the molecule is Cc1ccc(CN(CC(=O)N[C@@H](C)c2ccc(C)c(C)c2)S(C)(=O)=O)cc1. The van der Waals surface area contributed by atoms with E-state index in [-0.39, 0.29) is 25.0 Å². The maximum Gasteiger partial charge on any atom is 0.235 e. The number of carbonyl (C=O) groups excluding carboxylic acids is 1. The van der Waals surface area contributed by atoms with Crippen molar-refractivity contribution in [3.05, 3.63) is 70.3 Å². The number of hydrogen-bond donors (Lipinski definition) is 1. The van der Waals surface area contributed by atoms with E-state index in [4.69, 9.17) is 0 Å². The number of nitrogens with one attached hydrogen (secondary N) is 1. The zero-order chi connectivity index (χ0) is 20.2. The fourth-order valence-corrected chi connectivity index (χ4v) is 3.49. The summed E-state index contributed by atoms with van der Waals surface area (Å²) in [4.78, 5) is 12.5. The second-order valence-electron chi connectivity index (χ2n) is 7.15. The maximum absolute atomic E-state index is 12.5. The van der Waals surface area contributed by atoms with Crippen LogP contribution in [-0.4, -0.2) is 31.4 Å². The Morgan fingerprint density at radius 3 is 2.22 bits per heavy atom. The number of aryl methyl sites for hydroxylation is 3. The lowest BCUT2D eigenvalue weighted by Crippen LogP contribution is -2.40. The topological polar surface area (TPSA) is 66.5 Å². The molecule has 0 fully saturated rings. The number of hydrogen-bond acceptors (Lipinski definition) is 3. The number of carbonyl (C=O) groups is 1. The zero-order valence-electron chi connectivity index (χ0n) is 16.6. The van der Waals surface area contributed by atoms with Crippen LogP contribution in [0.3, 0.4) is 0 Å². The molecule has 146 valence electrons. The van der Waals surface area contributed by atoms with Crippen LogP contribution in [-0.2, 0) is 21.4 Å². The van der Waals surface area contributed by atoms with Gasteiger partial charge in [-0.15, -0.1) is 0 Å². The molecular weight excluding hydrogens is 360 g/mol. The number of rotatable bonds is 7. The quantitative estimate of drug-likeness (QED) is 0.792. The minimum atomic E-state index is -3.51. The van der Waals surface area contributed by atoms with Crippen molar-refractivity contribution in [1.82, 2.24) is 9.62 Å². The van der Waals surface area contributed by atoms with Crippen LogP contribution in [0.4, 0.5) is 0 Å². The van der Waals surface area contributed by atoms with Gasteiger partial charge in [-0.3, -0.25) is 4.79 Å². The predicted molar refractivity (Wildman–Crippen MR) is 109 cm³/mol. The van der Waals surface area contributed by atoms with Crippen molar-refractivity contribution in [3.8, 4) is 0 Å². The van der Waals surface area contributed by atoms with Crippen LogP contribution in [0.1, 0.15) is 40.8 Å². The minimum Gasteiger partial charge on any atom is -0.348 e. The molecule has 2 rings (SSSR count). The van der Waals surface area contributed by atoms with Gasteiger partial charge in [-0.1, -0.05) is 48.0 Å². The molecule has 0 spiro atoms. The molecule has 0 saturated heterocycles. The first-order chi connectivity index (χ1) is 12.6.